The van der Waals surface area contributed by atoms with Gasteiger partial charge in [-0.25, -0.2) is 17.6 Å². The second-order valence-electron chi connectivity index (χ2n) is 17.7. The van der Waals surface area contributed by atoms with E-state index in [9.17, 15) is 56.6 Å². The molecule has 0 spiro atoms. The van der Waals surface area contributed by atoms with Gasteiger partial charge in [-0.15, -0.1) is 3.89 Å². The summed E-state index contributed by atoms with van der Waals surface area (Å²) in [6.07, 6.45) is -8.56. The van der Waals surface area contributed by atoms with E-state index >= 15 is 0 Å². The molecule has 10 aromatic rings. The molecular formula is C58H40F8N2O8S2. The Morgan fingerprint density at radius 3 is 1.32 bits per heavy atom. The Hall–Kier alpha value is -8.72. The van der Waals surface area contributed by atoms with Crippen LogP contribution in [0.15, 0.2) is 179 Å². The average molecular weight is 1110 g/mol. The molecule has 2 aromatic heterocycles. The van der Waals surface area contributed by atoms with Crippen LogP contribution >= 0.6 is 0 Å². The van der Waals surface area contributed by atoms with Gasteiger partial charge in [0.15, 0.2) is 28.4 Å². The number of alkyl halides is 7. The second kappa shape index (κ2) is 22.1. The third kappa shape index (κ3) is 13.3. The fourth-order valence-corrected chi connectivity index (χ4v) is 10.2. The van der Waals surface area contributed by atoms with Crippen LogP contribution in [0.4, 0.5) is 34.6 Å². The minimum Gasteiger partial charge on any atom is -0.504 e. The van der Waals surface area contributed by atoms with Gasteiger partial charge in [0.1, 0.15) is 23.3 Å². The maximum Gasteiger partial charge on any atom is 0.394 e. The number of benzene rings is 8. The van der Waals surface area contributed by atoms with E-state index in [1.807, 2.05) is 91.0 Å². The first-order valence-electron chi connectivity index (χ1n) is 23.3. The number of hydrogen-bond acceptors (Lipinski definition) is 10. The molecule has 0 radical (unpaired) electrons. The monoisotopic (exact) mass is 1110 g/mol. The molecule has 10 rings (SSSR count). The minimum absolute atomic E-state index is 0.0578. The van der Waals surface area contributed by atoms with Gasteiger partial charge in [-0.1, -0.05) is 116 Å². The van der Waals surface area contributed by atoms with E-state index < -0.39 is 68.5 Å². The van der Waals surface area contributed by atoms with Gasteiger partial charge in [0.05, 0.1) is 23.3 Å². The quantitative estimate of drug-likeness (QED) is 0.0705. The fourth-order valence-electron chi connectivity index (χ4n) is 8.35. The number of halogens is 8. The van der Waals surface area contributed by atoms with Crippen LogP contribution in [0.3, 0.4) is 0 Å². The zero-order valence-electron chi connectivity index (χ0n) is 40.5. The average Bonchev–Trinajstić information content (AvgIpc) is 4.09. The molecule has 0 unspecified atom stereocenters. The van der Waals surface area contributed by atoms with Crippen molar-refractivity contribution in [3.8, 4) is 68.1 Å². The third-order valence-electron chi connectivity index (χ3n) is 12.1. The van der Waals surface area contributed by atoms with Crippen molar-refractivity contribution in [2.45, 2.75) is 37.8 Å². The van der Waals surface area contributed by atoms with Gasteiger partial charge < -0.3 is 18.1 Å². The maximum absolute atomic E-state index is 14.1. The van der Waals surface area contributed by atoms with Crippen molar-refractivity contribution < 1.29 is 69.6 Å². The lowest BCUT2D eigenvalue weighted by molar-refractivity contribution is -0.181. The molecular weight excluding hydrogens is 1070 g/mol. The van der Waals surface area contributed by atoms with Crippen LogP contribution in [0.25, 0.3) is 88.4 Å². The molecule has 0 aliphatic heterocycles. The molecule has 0 fully saturated rings. The van der Waals surface area contributed by atoms with E-state index in [4.69, 9.17) is 23.5 Å². The van der Waals surface area contributed by atoms with Gasteiger partial charge in [-0.3, -0.25) is 0 Å². The zero-order valence-corrected chi connectivity index (χ0v) is 42.2. The number of nitriles is 2. The summed E-state index contributed by atoms with van der Waals surface area (Å²) in [4.78, 5) is 0. The Labute approximate surface area is 440 Å². The minimum atomic E-state index is -5.28. The highest BCUT2D eigenvalue weighted by molar-refractivity contribution is 7.87. The molecule has 1 N–H and O–H groups in total. The fraction of sp³-hybridized carbons (Fsp3) is 0.138. The summed E-state index contributed by atoms with van der Waals surface area (Å²) in [7, 11) is -10.3. The molecule has 0 amide bonds. The molecule has 0 saturated heterocycles. The van der Waals surface area contributed by atoms with Gasteiger partial charge in [-0.05, 0) is 94.0 Å². The van der Waals surface area contributed by atoms with Crippen LogP contribution in [0.2, 0.25) is 0 Å². The second-order valence-corrected chi connectivity index (χ2v) is 20.6. The topological polar surface area (TPSA) is 172 Å². The highest BCUT2D eigenvalue weighted by atomic mass is 32.3. The number of fused-ring (bicyclic) bond motifs is 6. The summed E-state index contributed by atoms with van der Waals surface area (Å²) in [6.45, 7) is 1.09. The summed E-state index contributed by atoms with van der Waals surface area (Å²) < 4.78 is 163. The number of furan rings is 2. The lowest BCUT2D eigenvalue weighted by Gasteiger charge is -2.19. The van der Waals surface area contributed by atoms with Crippen molar-refractivity contribution in [3.63, 3.8) is 0 Å². The van der Waals surface area contributed by atoms with Crippen molar-refractivity contribution in [3.05, 3.63) is 181 Å². The predicted octanol–water partition coefficient (Wildman–Crippen LogP) is 15.9. The highest BCUT2D eigenvalue weighted by Crippen LogP contribution is 2.44. The SMILES string of the molecule is CCC(F)(F)CS(=O)(=O)F.N#Cc1ccc(-c2ccc(-c3ccc4c(oc5ccccc54)c3O)cc2)cc1.N#Cc1ccc(-c2ccc(-c3ccc4c(oc5ccccc54)c3OS(=O)(=O)CC(F)(F)CC(F)(F)F)cc2)cc1. The summed E-state index contributed by atoms with van der Waals surface area (Å²) in [6, 6.07) is 54.9. The lowest BCUT2D eigenvalue weighted by atomic mass is 9.98. The van der Waals surface area contributed by atoms with E-state index in [2.05, 4.69) is 6.07 Å². The first-order valence-corrected chi connectivity index (χ1v) is 26.4. The van der Waals surface area contributed by atoms with E-state index in [1.165, 1.54) is 6.07 Å². The van der Waals surface area contributed by atoms with E-state index in [-0.39, 0.29) is 16.9 Å². The Morgan fingerprint density at radius 2 is 0.897 bits per heavy atom. The molecule has 0 aliphatic carbocycles. The summed E-state index contributed by atoms with van der Waals surface area (Å²) >= 11 is 0. The number of rotatable bonds is 12. The molecule has 20 heteroatoms. The van der Waals surface area contributed by atoms with Crippen LogP contribution in [0.1, 0.15) is 30.9 Å². The summed E-state index contributed by atoms with van der Waals surface area (Å²) in [5.74, 6) is -12.2. The van der Waals surface area contributed by atoms with Crippen molar-refractivity contribution in [2.75, 3.05) is 11.5 Å². The van der Waals surface area contributed by atoms with Crippen LogP contribution in [0.5, 0.6) is 11.5 Å². The summed E-state index contributed by atoms with van der Waals surface area (Å²) in [5, 5.41) is 31.7. The van der Waals surface area contributed by atoms with Crippen LogP contribution in [0, 0.1) is 22.7 Å². The molecule has 0 atom stereocenters. The molecule has 0 saturated carbocycles. The number of hydrogen-bond donors (Lipinski definition) is 1. The van der Waals surface area contributed by atoms with Crippen LogP contribution in [-0.2, 0) is 20.3 Å². The Morgan fingerprint density at radius 1 is 0.500 bits per heavy atom. The van der Waals surface area contributed by atoms with Crippen molar-refractivity contribution >= 4 is 64.2 Å². The van der Waals surface area contributed by atoms with Gasteiger partial charge in [0, 0.05) is 39.1 Å². The summed E-state index contributed by atoms with van der Waals surface area (Å²) in [5.41, 5.74) is 8.66. The van der Waals surface area contributed by atoms with E-state index in [1.54, 1.807) is 78.9 Å². The number of phenols is 1. The number of phenolic OH excluding ortho intramolecular Hbond substituents is 1. The molecule has 10 nitrogen and oxygen atoms in total. The van der Waals surface area contributed by atoms with Crippen molar-refractivity contribution in [1.82, 2.24) is 0 Å². The first kappa shape index (κ1) is 55.5. The molecule has 0 aliphatic rings. The predicted molar refractivity (Wildman–Crippen MR) is 280 cm³/mol. The first-order chi connectivity index (χ1) is 36.8. The Balaban J connectivity index is 0.000000182. The van der Waals surface area contributed by atoms with E-state index in [0.29, 0.717) is 38.6 Å². The van der Waals surface area contributed by atoms with Crippen LogP contribution < -0.4 is 4.18 Å². The highest BCUT2D eigenvalue weighted by Gasteiger charge is 2.47. The zero-order chi connectivity index (χ0) is 56.2. The van der Waals surface area contributed by atoms with Crippen molar-refractivity contribution in [1.29, 1.82) is 10.5 Å². The standard InChI is InChI=1S/C29H18F5NO4S.C25H15NO2.C4H7F3O2S/c30-28(31,16-29(32,33)34)17-40(36,37)39-27-22(13-14-24-23-3-1-2-4-25(23)38-26(24)27)21-11-9-20(10-12-21)19-7-5-18(15-35)6-8-19;26-15-16-5-7-17(8-6-16)18-9-11-19(12-10-18)20-13-14-22-21-3-1-2-4-23(21)28-25(22)24(20)27;1-2-4(5,6)3-10(7,8)9/h1-14H,16-17H2;1-14,27H;2-3H2,1H3. The molecule has 8 aromatic carbocycles. The third-order valence-corrected chi connectivity index (χ3v) is 14.0. The normalized spacial score (nSPS) is 12.1. The lowest BCUT2D eigenvalue weighted by Crippen LogP contribution is -2.35. The number of aromatic hydroxyl groups is 1. The molecule has 0 bridgehead atoms. The van der Waals surface area contributed by atoms with Gasteiger partial charge in [0.25, 0.3) is 11.8 Å². The largest absolute Gasteiger partial charge is 0.504 e. The maximum atomic E-state index is 14.1. The van der Waals surface area contributed by atoms with E-state index in [0.717, 1.165) is 56.7 Å². The Kier molecular flexibility index (Phi) is 15.7. The number of para-hydroxylation sites is 2. The molecule has 398 valence electrons. The molecule has 2 heterocycles. The van der Waals surface area contributed by atoms with Crippen molar-refractivity contribution in [2.24, 2.45) is 0 Å². The van der Waals surface area contributed by atoms with Gasteiger partial charge in [0.2, 0.25) is 0 Å². The molecule has 78 heavy (non-hydrogen) atoms. The van der Waals surface area contributed by atoms with Crippen LogP contribution in [-0.4, -0.2) is 51.5 Å². The van der Waals surface area contributed by atoms with Gasteiger partial charge in [-0.2, -0.15) is 40.5 Å². The smallest absolute Gasteiger partial charge is 0.394 e. The van der Waals surface area contributed by atoms with Gasteiger partial charge >= 0.3 is 26.5 Å². The Bertz CT molecular complexity index is 4130. The number of nitrogens with zero attached hydrogens (tertiary/aromatic N) is 2.